The Labute approximate surface area is 127 Å². The maximum absolute atomic E-state index is 12.6. The van der Waals surface area contributed by atoms with Crippen LogP contribution >= 0.6 is 0 Å². The molecule has 2 rings (SSSR count). The average Bonchev–Trinajstić information content (AvgIpc) is 2.98. The van der Waals surface area contributed by atoms with Gasteiger partial charge in [0, 0.05) is 12.6 Å². The Kier molecular flexibility index (Phi) is 5.40. The van der Waals surface area contributed by atoms with Crippen LogP contribution < -0.4 is 10.0 Å². The number of sulfonamides is 1. The van der Waals surface area contributed by atoms with Crippen LogP contribution in [-0.4, -0.2) is 37.8 Å². The first-order valence-electron chi connectivity index (χ1n) is 7.66. The molecule has 120 valence electrons. The highest BCUT2D eigenvalue weighted by atomic mass is 32.2. The van der Waals surface area contributed by atoms with Gasteiger partial charge in [-0.3, -0.25) is 4.68 Å². The van der Waals surface area contributed by atoms with Gasteiger partial charge in [0.05, 0.1) is 11.4 Å². The Balaban J connectivity index is 2.17. The number of aromatic nitrogens is 2. The van der Waals surface area contributed by atoms with Crippen molar-refractivity contribution in [3.63, 3.8) is 0 Å². The van der Waals surface area contributed by atoms with Crippen LogP contribution in [0.5, 0.6) is 0 Å². The smallest absolute Gasteiger partial charge is 0.244 e. The van der Waals surface area contributed by atoms with Gasteiger partial charge in [-0.2, -0.15) is 5.10 Å². The molecule has 7 heteroatoms. The van der Waals surface area contributed by atoms with Crippen LogP contribution in [0, 0.1) is 13.8 Å². The van der Waals surface area contributed by atoms with Crippen LogP contribution in [0.15, 0.2) is 4.90 Å². The second-order valence-corrected chi connectivity index (χ2v) is 7.43. The lowest BCUT2D eigenvalue weighted by atomic mass is 10.3. The summed E-state index contributed by atoms with van der Waals surface area (Å²) in [4.78, 5) is 0.360. The Hall–Kier alpha value is -0.920. The fourth-order valence-electron chi connectivity index (χ4n) is 3.01. The first kappa shape index (κ1) is 16.5. The summed E-state index contributed by atoms with van der Waals surface area (Å²) in [6.45, 7) is 5.22. The van der Waals surface area contributed by atoms with Gasteiger partial charge in [-0.05, 0) is 46.7 Å². The first-order valence-corrected chi connectivity index (χ1v) is 9.15. The van der Waals surface area contributed by atoms with E-state index in [9.17, 15) is 8.42 Å². The van der Waals surface area contributed by atoms with Gasteiger partial charge in [0.25, 0.3) is 0 Å². The first-order chi connectivity index (χ1) is 9.95. The van der Waals surface area contributed by atoms with E-state index in [-0.39, 0.29) is 6.04 Å². The van der Waals surface area contributed by atoms with Crippen LogP contribution in [0.2, 0.25) is 0 Å². The van der Waals surface area contributed by atoms with Crippen molar-refractivity contribution in [1.82, 2.24) is 19.8 Å². The Morgan fingerprint density at radius 2 is 1.95 bits per heavy atom. The molecule has 0 amide bonds. The predicted molar refractivity (Wildman–Crippen MR) is 82.8 cm³/mol. The molecule has 1 aliphatic rings. The van der Waals surface area contributed by atoms with E-state index in [2.05, 4.69) is 15.1 Å². The fraction of sp³-hybridized carbons (Fsp3) is 0.786. The molecule has 1 aliphatic carbocycles. The summed E-state index contributed by atoms with van der Waals surface area (Å²) in [5, 5.41) is 7.48. The van der Waals surface area contributed by atoms with Crippen molar-refractivity contribution in [2.24, 2.45) is 0 Å². The number of aryl methyl sites for hydroxylation is 2. The van der Waals surface area contributed by atoms with Gasteiger partial charge in [0.15, 0.2) is 0 Å². The highest BCUT2D eigenvalue weighted by Crippen LogP contribution is 2.23. The maximum atomic E-state index is 12.6. The van der Waals surface area contributed by atoms with Crippen molar-refractivity contribution in [1.29, 1.82) is 0 Å². The van der Waals surface area contributed by atoms with Crippen LogP contribution in [0.4, 0.5) is 0 Å². The second-order valence-electron chi connectivity index (χ2n) is 5.78. The summed E-state index contributed by atoms with van der Waals surface area (Å²) < 4.78 is 29.8. The number of hydrogen-bond acceptors (Lipinski definition) is 4. The van der Waals surface area contributed by atoms with Gasteiger partial charge in [0.1, 0.15) is 4.90 Å². The minimum Gasteiger partial charge on any atom is -0.320 e. The fourth-order valence-corrected chi connectivity index (χ4v) is 4.73. The van der Waals surface area contributed by atoms with E-state index < -0.39 is 10.0 Å². The third-order valence-corrected chi connectivity index (χ3v) is 5.83. The topological polar surface area (TPSA) is 76.0 Å². The minimum atomic E-state index is -3.46. The highest BCUT2D eigenvalue weighted by Gasteiger charge is 2.28. The van der Waals surface area contributed by atoms with Gasteiger partial charge in [-0.1, -0.05) is 12.8 Å². The van der Waals surface area contributed by atoms with E-state index in [1.54, 1.807) is 11.6 Å². The zero-order valence-corrected chi connectivity index (χ0v) is 14.0. The lowest BCUT2D eigenvalue weighted by Gasteiger charge is -2.13. The molecule has 0 aliphatic heterocycles. The molecule has 6 nitrogen and oxygen atoms in total. The summed E-state index contributed by atoms with van der Waals surface area (Å²) in [7, 11) is -1.56. The summed E-state index contributed by atoms with van der Waals surface area (Å²) in [5.41, 5.74) is 1.32. The van der Waals surface area contributed by atoms with Crippen LogP contribution in [-0.2, 0) is 16.6 Å². The zero-order chi connectivity index (χ0) is 15.5. The van der Waals surface area contributed by atoms with E-state index in [4.69, 9.17) is 0 Å². The monoisotopic (exact) mass is 314 g/mol. The standard InChI is InChI=1S/C14H26N4O2S/c1-11-14(12(2)18(16-11)10-6-9-15-3)21(19,20)17-13-7-4-5-8-13/h13,15,17H,4-10H2,1-3H3. The van der Waals surface area contributed by atoms with Gasteiger partial charge in [-0.15, -0.1) is 0 Å². The molecule has 0 bridgehead atoms. The molecular weight excluding hydrogens is 288 g/mol. The maximum Gasteiger partial charge on any atom is 0.244 e. The van der Waals surface area contributed by atoms with E-state index in [0.29, 0.717) is 10.6 Å². The third kappa shape index (κ3) is 3.84. The zero-order valence-electron chi connectivity index (χ0n) is 13.1. The molecule has 21 heavy (non-hydrogen) atoms. The lowest BCUT2D eigenvalue weighted by Crippen LogP contribution is -2.33. The quantitative estimate of drug-likeness (QED) is 0.745. The Morgan fingerprint density at radius 1 is 1.29 bits per heavy atom. The molecule has 1 aromatic heterocycles. The molecular formula is C14H26N4O2S. The molecule has 1 fully saturated rings. The Bertz CT molecular complexity index is 574. The second kappa shape index (κ2) is 6.89. The summed E-state index contributed by atoms with van der Waals surface area (Å²) in [6.07, 6.45) is 5.01. The molecule has 0 unspecified atom stereocenters. The summed E-state index contributed by atoms with van der Waals surface area (Å²) in [6, 6.07) is 0.0847. The number of nitrogens with zero attached hydrogens (tertiary/aromatic N) is 2. The van der Waals surface area contributed by atoms with E-state index >= 15 is 0 Å². The van der Waals surface area contributed by atoms with E-state index in [0.717, 1.165) is 50.9 Å². The highest BCUT2D eigenvalue weighted by molar-refractivity contribution is 7.89. The van der Waals surface area contributed by atoms with Crippen molar-refractivity contribution in [2.75, 3.05) is 13.6 Å². The van der Waals surface area contributed by atoms with Crippen LogP contribution in [0.1, 0.15) is 43.5 Å². The van der Waals surface area contributed by atoms with Gasteiger partial charge in [-0.25, -0.2) is 13.1 Å². The van der Waals surface area contributed by atoms with Crippen molar-refractivity contribution in [3.05, 3.63) is 11.4 Å². The minimum absolute atomic E-state index is 0.0847. The molecule has 0 saturated heterocycles. The molecule has 0 spiro atoms. The summed E-state index contributed by atoms with van der Waals surface area (Å²) in [5.74, 6) is 0. The SMILES string of the molecule is CNCCCn1nc(C)c(S(=O)(=O)NC2CCCC2)c1C. The van der Waals surface area contributed by atoms with Crippen molar-refractivity contribution < 1.29 is 8.42 Å². The number of hydrogen-bond donors (Lipinski definition) is 2. The van der Waals surface area contributed by atoms with Crippen molar-refractivity contribution >= 4 is 10.0 Å². The van der Waals surface area contributed by atoms with Gasteiger partial charge < -0.3 is 5.32 Å². The average molecular weight is 314 g/mol. The normalized spacial score (nSPS) is 16.7. The van der Waals surface area contributed by atoms with E-state index in [1.165, 1.54) is 0 Å². The van der Waals surface area contributed by atoms with Gasteiger partial charge in [0.2, 0.25) is 10.0 Å². The van der Waals surface area contributed by atoms with E-state index in [1.807, 2.05) is 14.0 Å². The molecule has 2 N–H and O–H groups in total. The van der Waals surface area contributed by atoms with Crippen molar-refractivity contribution in [3.8, 4) is 0 Å². The number of nitrogens with one attached hydrogen (secondary N) is 2. The molecule has 0 radical (unpaired) electrons. The van der Waals surface area contributed by atoms with Crippen molar-refractivity contribution in [2.45, 2.75) is 63.4 Å². The third-order valence-electron chi connectivity index (χ3n) is 4.06. The number of rotatable bonds is 7. The predicted octanol–water partition coefficient (Wildman–Crippen LogP) is 1.33. The molecule has 1 aromatic rings. The van der Waals surface area contributed by atoms with Crippen LogP contribution in [0.25, 0.3) is 0 Å². The molecule has 0 atom stereocenters. The largest absolute Gasteiger partial charge is 0.320 e. The molecule has 0 aromatic carbocycles. The lowest BCUT2D eigenvalue weighted by molar-refractivity contribution is 0.542. The summed E-state index contributed by atoms with van der Waals surface area (Å²) >= 11 is 0. The van der Waals surface area contributed by atoms with Crippen LogP contribution in [0.3, 0.4) is 0 Å². The molecule has 1 heterocycles. The van der Waals surface area contributed by atoms with Gasteiger partial charge >= 0.3 is 0 Å². The Morgan fingerprint density at radius 3 is 2.57 bits per heavy atom. The molecule has 1 saturated carbocycles.